The first-order chi connectivity index (χ1) is 13.3. The van der Waals surface area contributed by atoms with Crippen LogP contribution in [0.5, 0.6) is 0 Å². The molecule has 0 unspecified atom stereocenters. The average Bonchev–Trinajstić information content (AvgIpc) is 3.30. The molecule has 1 aromatic heterocycles. The van der Waals surface area contributed by atoms with Crippen molar-refractivity contribution in [2.45, 2.75) is 49.0 Å². The monoisotopic (exact) mass is 403 g/mol. The van der Waals surface area contributed by atoms with Crippen LogP contribution >= 0.6 is 11.8 Å². The molecule has 0 bridgehead atoms. The van der Waals surface area contributed by atoms with E-state index in [-0.39, 0.29) is 5.25 Å². The number of hydrogen-bond donors (Lipinski definition) is 0. The molecule has 0 aliphatic carbocycles. The number of aromatic nitrogens is 2. The van der Waals surface area contributed by atoms with Gasteiger partial charge in [0, 0.05) is 29.1 Å². The molecule has 1 aliphatic rings. The van der Waals surface area contributed by atoms with E-state index in [0.29, 0.717) is 13.0 Å². The second-order valence-corrected chi connectivity index (χ2v) is 8.97. The maximum atomic E-state index is 12.5. The number of methoxy groups -OCH3 is 1. The maximum absolute atomic E-state index is 12.5. The zero-order valence-electron chi connectivity index (χ0n) is 16.5. The zero-order chi connectivity index (χ0) is 20.3. The van der Waals surface area contributed by atoms with Gasteiger partial charge in [-0.3, -0.25) is 4.90 Å². The maximum Gasteiger partial charge on any atom is 0.411 e. The summed E-state index contributed by atoms with van der Waals surface area (Å²) >= 11 is 1.64. The van der Waals surface area contributed by atoms with E-state index in [9.17, 15) is 9.59 Å². The number of nitrogens with zero attached hydrogens (tertiary/aromatic N) is 3. The Balaban J connectivity index is 1.69. The van der Waals surface area contributed by atoms with E-state index in [1.54, 1.807) is 22.6 Å². The third kappa shape index (κ3) is 4.86. The third-order valence-corrected chi connectivity index (χ3v) is 5.49. The Labute approximate surface area is 169 Å². The van der Waals surface area contributed by atoms with Crippen LogP contribution in [0.15, 0.2) is 47.6 Å². The predicted molar refractivity (Wildman–Crippen MR) is 107 cm³/mol. The van der Waals surface area contributed by atoms with E-state index in [0.717, 1.165) is 10.6 Å². The summed E-state index contributed by atoms with van der Waals surface area (Å²) in [5.41, 5.74) is 0.356. The fourth-order valence-electron chi connectivity index (χ4n) is 3.06. The Kier molecular flexibility index (Phi) is 5.98. The molecule has 1 fully saturated rings. The lowest BCUT2D eigenvalue weighted by Gasteiger charge is -2.27. The SMILES string of the molecule is COC(=O)[C@@H]1C[C@@H](Sc2ccc(-n3cccn3)cc2)CN1C(=O)OC(C)(C)C. The topological polar surface area (TPSA) is 73.7 Å². The smallest absolute Gasteiger partial charge is 0.411 e. The molecule has 0 spiro atoms. The van der Waals surface area contributed by atoms with Gasteiger partial charge in [-0.1, -0.05) is 0 Å². The fraction of sp³-hybridized carbons (Fsp3) is 0.450. The minimum atomic E-state index is -0.624. The molecule has 0 N–H and O–H groups in total. The highest BCUT2D eigenvalue weighted by Gasteiger charge is 2.42. The molecule has 28 heavy (non-hydrogen) atoms. The highest BCUT2D eigenvalue weighted by molar-refractivity contribution is 8.00. The van der Waals surface area contributed by atoms with Gasteiger partial charge in [-0.2, -0.15) is 5.10 Å². The van der Waals surface area contributed by atoms with Crippen LogP contribution in [0.2, 0.25) is 0 Å². The van der Waals surface area contributed by atoms with Crippen molar-refractivity contribution in [1.82, 2.24) is 14.7 Å². The van der Waals surface area contributed by atoms with Crippen molar-refractivity contribution in [2.75, 3.05) is 13.7 Å². The van der Waals surface area contributed by atoms with Gasteiger partial charge in [0.1, 0.15) is 11.6 Å². The number of rotatable bonds is 4. The zero-order valence-corrected chi connectivity index (χ0v) is 17.3. The van der Waals surface area contributed by atoms with E-state index < -0.39 is 23.7 Å². The van der Waals surface area contributed by atoms with Gasteiger partial charge in [0.25, 0.3) is 0 Å². The number of benzene rings is 1. The van der Waals surface area contributed by atoms with Crippen molar-refractivity contribution in [2.24, 2.45) is 0 Å². The van der Waals surface area contributed by atoms with E-state index in [2.05, 4.69) is 5.10 Å². The predicted octanol–water partition coefficient (Wildman–Crippen LogP) is 3.52. The van der Waals surface area contributed by atoms with Gasteiger partial charge >= 0.3 is 12.1 Å². The van der Waals surface area contributed by atoms with Gasteiger partial charge in [-0.05, 0) is 57.5 Å². The van der Waals surface area contributed by atoms with Gasteiger partial charge in [0.15, 0.2) is 0 Å². The minimum absolute atomic E-state index is 0.0761. The summed E-state index contributed by atoms with van der Waals surface area (Å²) in [6.45, 7) is 5.85. The molecular weight excluding hydrogens is 378 g/mol. The first-order valence-corrected chi connectivity index (χ1v) is 9.99. The van der Waals surface area contributed by atoms with Crippen LogP contribution in [-0.4, -0.2) is 57.3 Å². The first-order valence-electron chi connectivity index (χ1n) is 9.11. The van der Waals surface area contributed by atoms with Crippen LogP contribution in [0.1, 0.15) is 27.2 Å². The molecule has 1 amide bonds. The summed E-state index contributed by atoms with van der Waals surface area (Å²) in [4.78, 5) is 27.3. The average molecular weight is 404 g/mol. The Morgan fingerprint density at radius 1 is 1.21 bits per heavy atom. The number of hydrogen-bond acceptors (Lipinski definition) is 6. The molecule has 8 heteroatoms. The summed E-state index contributed by atoms with van der Waals surface area (Å²) < 4.78 is 12.1. The van der Waals surface area contributed by atoms with Crippen LogP contribution in [0.4, 0.5) is 4.79 Å². The largest absolute Gasteiger partial charge is 0.467 e. The van der Waals surface area contributed by atoms with Crippen molar-refractivity contribution in [1.29, 1.82) is 0 Å². The van der Waals surface area contributed by atoms with Crippen LogP contribution < -0.4 is 0 Å². The van der Waals surface area contributed by atoms with Gasteiger partial charge < -0.3 is 9.47 Å². The molecular formula is C20H25N3O4S. The summed E-state index contributed by atoms with van der Waals surface area (Å²) in [5, 5.41) is 4.29. The molecule has 2 aromatic rings. The molecule has 7 nitrogen and oxygen atoms in total. The molecule has 3 rings (SSSR count). The Hall–Kier alpha value is -2.48. The lowest BCUT2D eigenvalue weighted by Crippen LogP contribution is -2.43. The molecule has 2 heterocycles. The lowest BCUT2D eigenvalue weighted by molar-refractivity contribution is -0.145. The van der Waals surface area contributed by atoms with E-state index in [1.807, 2.05) is 57.3 Å². The first kappa shape index (κ1) is 20.3. The number of amides is 1. The second-order valence-electron chi connectivity index (χ2n) is 7.59. The summed E-state index contributed by atoms with van der Waals surface area (Å²) in [6, 6.07) is 9.28. The molecule has 0 saturated carbocycles. The minimum Gasteiger partial charge on any atom is -0.467 e. The second kappa shape index (κ2) is 8.26. The van der Waals surface area contributed by atoms with E-state index in [1.165, 1.54) is 12.0 Å². The number of likely N-dealkylation sites (tertiary alicyclic amines) is 1. The molecule has 1 saturated heterocycles. The Bertz CT molecular complexity index is 815. The molecule has 1 aromatic carbocycles. The molecule has 1 aliphatic heterocycles. The van der Waals surface area contributed by atoms with Gasteiger partial charge in [0.05, 0.1) is 12.8 Å². The van der Waals surface area contributed by atoms with Crippen molar-refractivity contribution in [3.63, 3.8) is 0 Å². The highest BCUT2D eigenvalue weighted by Crippen LogP contribution is 2.34. The molecule has 150 valence electrons. The number of carbonyl (C=O) groups excluding carboxylic acids is 2. The Morgan fingerprint density at radius 3 is 2.50 bits per heavy atom. The van der Waals surface area contributed by atoms with Crippen LogP contribution in [0, 0.1) is 0 Å². The number of carbonyl (C=O) groups is 2. The van der Waals surface area contributed by atoms with E-state index in [4.69, 9.17) is 9.47 Å². The molecule has 0 radical (unpaired) electrons. The normalized spacial score (nSPS) is 19.5. The fourth-order valence-corrected chi connectivity index (χ4v) is 4.25. The van der Waals surface area contributed by atoms with Crippen LogP contribution in [0.3, 0.4) is 0 Å². The number of ether oxygens (including phenoxy) is 2. The van der Waals surface area contributed by atoms with Crippen LogP contribution in [-0.2, 0) is 14.3 Å². The van der Waals surface area contributed by atoms with Crippen molar-refractivity contribution < 1.29 is 19.1 Å². The highest BCUT2D eigenvalue weighted by atomic mass is 32.2. The number of esters is 1. The standard InChI is InChI=1S/C20H25N3O4S/c1-20(2,3)27-19(25)22-13-16(12-17(22)18(24)26-4)28-15-8-6-14(7-9-15)23-11-5-10-21-23/h5-11,16-17H,12-13H2,1-4H3/t16-,17+/m1/s1. The number of thioether (sulfide) groups is 1. The van der Waals surface area contributed by atoms with Crippen molar-refractivity contribution in [3.8, 4) is 5.69 Å². The molecule has 2 atom stereocenters. The van der Waals surface area contributed by atoms with Crippen molar-refractivity contribution in [3.05, 3.63) is 42.7 Å². The quantitative estimate of drug-likeness (QED) is 0.728. The van der Waals surface area contributed by atoms with Crippen molar-refractivity contribution >= 4 is 23.8 Å². The summed E-state index contributed by atoms with van der Waals surface area (Å²) in [7, 11) is 1.34. The lowest BCUT2D eigenvalue weighted by atomic mass is 10.2. The van der Waals surface area contributed by atoms with Gasteiger partial charge in [-0.25, -0.2) is 14.3 Å². The summed E-state index contributed by atoms with van der Waals surface area (Å²) in [5.74, 6) is -0.414. The Morgan fingerprint density at radius 2 is 1.93 bits per heavy atom. The van der Waals surface area contributed by atoms with Gasteiger partial charge in [0.2, 0.25) is 0 Å². The summed E-state index contributed by atoms with van der Waals surface area (Å²) in [6.07, 6.45) is 3.66. The van der Waals surface area contributed by atoms with Crippen LogP contribution in [0.25, 0.3) is 5.69 Å². The third-order valence-electron chi connectivity index (χ3n) is 4.27. The van der Waals surface area contributed by atoms with E-state index >= 15 is 0 Å². The van der Waals surface area contributed by atoms with Gasteiger partial charge in [-0.15, -0.1) is 11.8 Å².